The van der Waals surface area contributed by atoms with Gasteiger partial charge in [0.15, 0.2) is 0 Å². The number of aryl methyl sites for hydroxylation is 1. The zero-order chi connectivity index (χ0) is 12.6. The molecule has 0 saturated carbocycles. The molecular formula is C11H16N2O4. The smallest absolute Gasteiger partial charge is 0.332 e. The van der Waals surface area contributed by atoms with E-state index in [1.54, 1.807) is 6.92 Å². The minimum atomic E-state index is -0.385. The van der Waals surface area contributed by atoms with Crippen LogP contribution in [-0.2, 0) is 11.8 Å². The molecule has 2 heterocycles. The average Bonchev–Trinajstić information content (AvgIpc) is 2.79. The molecule has 6 nitrogen and oxygen atoms in total. The molecule has 0 amide bonds. The van der Waals surface area contributed by atoms with Crippen LogP contribution < -0.4 is 11.2 Å². The van der Waals surface area contributed by atoms with E-state index in [1.807, 2.05) is 0 Å². The number of aromatic nitrogens is 2. The molecule has 2 rings (SSSR count). The van der Waals surface area contributed by atoms with Gasteiger partial charge in [-0.1, -0.05) is 0 Å². The molecule has 1 saturated heterocycles. The maximum atomic E-state index is 11.9. The van der Waals surface area contributed by atoms with Crippen LogP contribution >= 0.6 is 0 Å². The third kappa shape index (κ3) is 2.05. The molecule has 0 bridgehead atoms. The highest BCUT2D eigenvalue weighted by Crippen LogP contribution is 2.26. The Balaban J connectivity index is 2.41. The topological polar surface area (TPSA) is 73.5 Å². The van der Waals surface area contributed by atoms with Crippen molar-refractivity contribution in [1.82, 2.24) is 9.13 Å². The van der Waals surface area contributed by atoms with Crippen molar-refractivity contribution in [2.45, 2.75) is 32.1 Å². The third-order valence-electron chi connectivity index (χ3n) is 3.08. The summed E-state index contributed by atoms with van der Waals surface area (Å²) in [4.78, 5) is 23.5. The molecule has 1 aromatic rings. The van der Waals surface area contributed by atoms with E-state index in [4.69, 9.17) is 9.84 Å². The molecule has 1 aliphatic heterocycles. The molecular weight excluding hydrogens is 224 g/mol. The quantitative estimate of drug-likeness (QED) is 0.758. The molecule has 0 aromatic carbocycles. The monoisotopic (exact) mass is 240 g/mol. The van der Waals surface area contributed by atoms with Crippen molar-refractivity contribution in [3.8, 4) is 0 Å². The second kappa shape index (κ2) is 4.46. The fraction of sp³-hybridized carbons (Fsp3) is 0.636. The van der Waals surface area contributed by atoms with Crippen LogP contribution in [0.1, 0.15) is 24.6 Å². The first-order valence-electron chi connectivity index (χ1n) is 5.59. The molecule has 94 valence electrons. The summed E-state index contributed by atoms with van der Waals surface area (Å²) in [6.45, 7) is 1.62. The van der Waals surface area contributed by atoms with E-state index in [9.17, 15) is 9.59 Å². The van der Waals surface area contributed by atoms with Crippen LogP contribution in [0.2, 0.25) is 0 Å². The van der Waals surface area contributed by atoms with Crippen LogP contribution in [0.25, 0.3) is 0 Å². The van der Waals surface area contributed by atoms with Gasteiger partial charge in [-0.2, -0.15) is 0 Å². The molecule has 1 fully saturated rings. The molecule has 0 radical (unpaired) electrons. The lowest BCUT2D eigenvalue weighted by molar-refractivity contribution is -0.0252. The minimum absolute atomic E-state index is 0.0456. The van der Waals surface area contributed by atoms with Gasteiger partial charge < -0.3 is 9.84 Å². The summed E-state index contributed by atoms with van der Waals surface area (Å²) in [5.41, 5.74) is -0.171. The summed E-state index contributed by atoms with van der Waals surface area (Å²) in [6, 6.07) is 0. The molecule has 1 N–H and O–H groups in total. The zero-order valence-corrected chi connectivity index (χ0v) is 9.92. The lowest BCUT2D eigenvalue weighted by Gasteiger charge is -2.16. The summed E-state index contributed by atoms with van der Waals surface area (Å²) >= 11 is 0. The van der Waals surface area contributed by atoms with Gasteiger partial charge in [0.05, 0.1) is 12.7 Å². The molecule has 1 aliphatic rings. The largest absolute Gasteiger partial charge is 0.394 e. The maximum absolute atomic E-state index is 11.9. The number of hydrogen-bond donors (Lipinski definition) is 1. The average molecular weight is 240 g/mol. The van der Waals surface area contributed by atoms with Crippen LogP contribution in [0.3, 0.4) is 0 Å². The molecule has 0 aliphatic carbocycles. The van der Waals surface area contributed by atoms with Gasteiger partial charge >= 0.3 is 5.69 Å². The van der Waals surface area contributed by atoms with Gasteiger partial charge in [-0.25, -0.2) is 4.79 Å². The first-order chi connectivity index (χ1) is 8.04. The van der Waals surface area contributed by atoms with Gasteiger partial charge in [0, 0.05) is 18.8 Å². The summed E-state index contributed by atoms with van der Waals surface area (Å²) in [5, 5.41) is 8.99. The Morgan fingerprint density at radius 2 is 2.18 bits per heavy atom. The molecule has 1 aromatic heterocycles. The van der Waals surface area contributed by atoms with Crippen molar-refractivity contribution >= 4 is 0 Å². The summed E-state index contributed by atoms with van der Waals surface area (Å²) < 4.78 is 8.02. The Kier molecular flexibility index (Phi) is 3.17. The van der Waals surface area contributed by atoms with Gasteiger partial charge in [-0.05, 0) is 19.8 Å². The van der Waals surface area contributed by atoms with E-state index in [-0.39, 0.29) is 30.2 Å². The van der Waals surface area contributed by atoms with Crippen molar-refractivity contribution in [2.24, 2.45) is 7.05 Å². The fourth-order valence-electron chi connectivity index (χ4n) is 2.08. The van der Waals surface area contributed by atoms with E-state index in [2.05, 4.69) is 0 Å². The minimum Gasteiger partial charge on any atom is -0.394 e. The molecule has 6 heteroatoms. The van der Waals surface area contributed by atoms with E-state index in [0.29, 0.717) is 12.0 Å². The molecule has 2 atom stereocenters. The van der Waals surface area contributed by atoms with Gasteiger partial charge in [0.25, 0.3) is 5.56 Å². The van der Waals surface area contributed by atoms with E-state index in [1.165, 1.54) is 17.8 Å². The van der Waals surface area contributed by atoms with E-state index in [0.717, 1.165) is 11.0 Å². The van der Waals surface area contributed by atoms with Gasteiger partial charge in [-0.15, -0.1) is 0 Å². The van der Waals surface area contributed by atoms with Crippen LogP contribution in [0, 0.1) is 6.92 Å². The highest BCUT2D eigenvalue weighted by Gasteiger charge is 2.27. The Hall–Kier alpha value is -1.40. The zero-order valence-electron chi connectivity index (χ0n) is 9.92. The van der Waals surface area contributed by atoms with Crippen molar-refractivity contribution in [2.75, 3.05) is 6.61 Å². The third-order valence-corrected chi connectivity index (χ3v) is 3.08. The SMILES string of the molecule is Cc1cn([C@H]2CC[C@@H](CO)O2)c(=O)n(C)c1=O. The van der Waals surface area contributed by atoms with Gasteiger partial charge in [0.1, 0.15) is 6.23 Å². The number of ether oxygens (including phenoxy) is 1. The molecule has 17 heavy (non-hydrogen) atoms. The highest BCUT2D eigenvalue weighted by atomic mass is 16.5. The van der Waals surface area contributed by atoms with Crippen LogP contribution in [-0.4, -0.2) is 27.0 Å². The Morgan fingerprint density at radius 1 is 1.47 bits per heavy atom. The highest BCUT2D eigenvalue weighted by molar-refractivity contribution is 5.03. The standard InChI is InChI=1S/C11H16N2O4/c1-7-5-13(11(16)12(2)10(7)15)9-4-3-8(6-14)17-9/h5,8-9,14H,3-4,6H2,1-2H3/t8-,9+/m0/s1. The lowest BCUT2D eigenvalue weighted by Crippen LogP contribution is -2.40. The second-order valence-corrected chi connectivity index (χ2v) is 4.34. The van der Waals surface area contributed by atoms with Crippen molar-refractivity contribution < 1.29 is 9.84 Å². The van der Waals surface area contributed by atoms with E-state index < -0.39 is 0 Å². The molecule has 0 unspecified atom stereocenters. The first kappa shape index (κ1) is 12.1. The summed E-state index contributed by atoms with van der Waals surface area (Å²) in [7, 11) is 1.45. The normalized spacial score (nSPS) is 24.2. The van der Waals surface area contributed by atoms with E-state index >= 15 is 0 Å². The lowest BCUT2D eigenvalue weighted by atomic mass is 10.2. The second-order valence-electron chi connectivity index (χ2n) is 4.34. The number of aliphatic hydroxyl groups is 1. The van der Waals surface area contributed by atoms with Gasteiger partial charge in [-0.3, -0.25) is 13.9 Å². The van der Waals surface area contributed by atoms with Crippen molar-refractivity contribution in [3.05, 3.63) is 32.6 Å². The Labute approximate surface area is 98.1 Å². The molecule has 0 spiro atoms. The predicted molar refractivity (Wildman–Crippen MR) is 60.9 cm³/mol. The van der Waals surface area contributed by atoms with Crippen LogP contribution in [0.4, 0.5) is 0 Å². The number of aliphatic hydroxyl groups excluding tert-OH is 1. The van der Waals surface area contributed by atoms with Crippen LogP contribution in [0.15, 0.2) is 15.8 Å². The maximum Gasteiger partial charge on any atom is 0.332 e. The van der Waals surface area contributed by atoms with Crippen molar-refractivity contribution in [1.29, 1.82) is 0 Å². The predicted octanol–water partition coefficient (Wildman–Crippen LogP) is -0.475. The number of nitrogens with zero attached hydrogens (tertiary/aromatic N) is 2. The fourth-order valence-corrected chi connectivity index (χ4v) is 2.08. The Morgan fingerprint density at radius 3 is 2.76 bits per heavy atom. The number of hydrogen-bond acceptors (Lipinski definition) is 4. The van der Waals surface area contributed by atoms with Crippen molar-refractivity contribution in [3.63, 3.8) is 0 Å². The summed E-state index contributed by atoms with van der Waals surface area (Å²) in [6.07, 6.45) is 2.31. The Bertz CT molecular complexity index is 531. The summed E-state index contributed by atoms with van der Waals surface area (Å²) in [5.74, 6) is 0. The van der Waals surface area contributed by atoms with Gasteiger partial charge in [0.2, 0.25) is 0 Å². The van der Waals surface area contributed by atoms with Crippen LogP contribution in [0.5, 0.6) is 0 Å². The number of rotatable bonds is 2. The first-order valence-corrected chi connectivity index (χ1v) is 5.59.